The second kappa shape index (κ2) is 2.84. The second-order valence-electron chi connectivity index (χ2n) is 1.76. The van der Waals surface area contributed by atoms with Gasteiger partial charge in [-0.3, -0.25) is 0 Å². The summed E-state index contributed by atoms with van der Waals surface area (Å²) < 4.78 is 1.16. The molecule has 0 amide bonds. The molecule has 1 aromatic heterocycles. The number of aryl methyl sites for hydroxylation is 1. The molecule has 1 heterocycles. The van der Waals surface area contributed by atoms with E-state index in [-0.39, 0.29) is 0 Å². The Bertz CT molecular complexity index is 224. The van der Waals surface area contributed by atoms with Gasteiger partial charge in [0.15, 0.2) is 0 Å². The molecule has 0 aliphatic carbocycles. The fourth-order valence-corrected chi connectivity index (χ4v) is 1.25. The summed E-state index contributed by atoms with van der Waals surface area (Å²) in [6.07, 6.45) is 1.77. The molecule has 0 saturated carbocycles. The van der Waals surface area contributed by atoms with Gasteiger partial charge in [-0.25, -0.2) is 4.98 Å². The van der Waals surface area contributed by atoms with E-state index in [0.29, 0.717) is 5.15 Å². The Hall–Kier alpha value is 0.170. The van der Waals surface area contributed by atoms with Gasteiger partial charge in [0.1, 0.15) is 5.15 Å². The van der Waals surface area contributed by atoms with Crippen molar-refractivity contribution in [3.05, 3.63) is 26.5 Å². The van der Waals surface area contributed by atoms with E-state index in [9.17, 15) is 0 Å². The Morgan fingerprint density at radius 2 is 2.33 bits per heavy atom. The standard InChI is InChI=1S/C6H5ClIN/c1-4-3-9-6(7)2-5(4)8/h2-3H,1H3. The van der Waals surface area contributed by atoms with Crippen molar-refractivity contribution in [2.45, 2.75) is 6.92 Å². The highest BCUT2D eigenvalue weighted by Gasteiger charge is 1.93. The van der Waals surface area contributed by atoms with Gasteiger partial charge >= 0.3 is 0 Å². The van der Waals surface area contributed by atoms with Crippen molar-refractivity contribution in [1.29, 1.82) is 0 Å². The maximum atomic E-state index is 5.60. The Balaban J connectivity index is 3.17. The zero-order chi connectivity index (χ0) is 6.85. The SMILES string of the molecule is Cc1cnc(Cl)cc1I. The number of nitrogens with zero attached hydrogens (tertiary/aromatic N) is 1. The van der Waals surface area contributed by atoms with Gasteiger partial charge in [0.25, 0.3) is 0 Å². The second-order valence-corrected chi connectivity index (χ2v) is 3.31. The van der Waals surface area contributed by atoms with Crippen LogP contribution in [0.25, 0.3) is 0 Å². The first-order chi connectivity index (χ1) is 4.20. The average molecular weight is 253 g/mol. The van der Waals surface area contributed by atoms with E-state index in [4.69, 9.17) is 11.6 Å². The number of hydrogen-bond acceptors (Lipinski definition) is 1. The molecular weight excluding hydrogens is 248 g/mol. The number of aromatic nitrogens is 1. The molecule has 0 N–H and O–H groups in total. The van der Waals surface area contributed by atoms with Crippen LogP contribution >= 0.6 is 34.2 Å². The first-order valence-corrected chi connectivity index (χ1v) is 3.93. The molecule has 0 aromatic carbocycles. The van der Waals surface area contributed by atoms with E-state index in [0.717, 1.165) is 3.57 Å². The summed E-state index contributed by atoms with van der Waals surface area (Å²) in [5.74, 6) is 0. The monoisotopic (exact) mass is 253 g/mol. The Labute approximate surface area is 72.6 Å². The molecule has 0 atom stereocenters. The highest BCUT2D eigenvalue weighted by molar-refractivity contribution is 14.1. The first-order valence-electron chi connectivity index (χ1n) is 2.48. The van der Waals surface area contributed by atoms with E-state index in [1.54, 1.807) is 6.20 Å². The highest BCUT2D eigenvalue weighted by atomic mass is 127. The predicted molar refractivity (Wildman–Crippen MR) is 46.7 cm³/mol. The normalized spacial score (nSPS) is 9.67. The topological polar surface area (TPSA) is 12.9 Å². The molecular formula is C6H5ClIN. The largest absolute Gasteiger partial charge is 0.244 e. The minimum absolute atomic E-state index is 0.560. The third-order valence-corrected chi connectivity index (χ3v) is 2.37. The summed E-state index contributed by atoms with van der Waals surface area (Å²) in [5.41, 5.74) is 1.17. The van der Waals surface area contributed by atoms with Crippen molar-refractivity contribution in [1.82, 2.24) is 4.98 Å². The molecule has 0 aliphatic rings. The summed E-state index contributed by atoms with van der Waals surface area (Å²) in [6, 6.07) is 1.84. The zero-order valence-electron chi connectivity index (χ0n) is 4.86. The molecule has 1 aromatic rings. The Morgan fingerprint density at radius 3 is 2.78 bits per heavy atom. The fraction of sp³-hybridized carbons (Fsp3) is 0.167. The molecule has 0 unspecified atom stereocenters. The number of pyridine rings is 1. The third-order valence-electron chi connectivity index (χ3n) is 1.00. The molecule has 0 radical (unpaired) electrons. The minimum atomic E-state index is 0.560. The first kappa shape index (κ1) is 7.28. The van der Waals surface area contributed by atoms with Crippen LogP contribution in [0.2, 0.25) is 5.15 Å². The lowest BCUT2D eigenvalue weighted by molar-refractivity contribution is 1.25. The van der Waals surface area contributed by atoms with Crippen molar-refractivity contribution in [2.75, 3.05) is 0 Å². The molecule has 0 fully saturated rings. The molecule has 1 rings (SSSR count). The summed E-state index contributed by atoms with van der Waals surface area (Å²) in [7, 11) is 0. The molecule has 3 heteroatoms. The molecule has 1 nitrogen and oxygen atoms in total. The molecule has 0 bridgehead atoms. The predicted octanol–water partition coefficient (Wildman–Crippen LogP) is 2.65. The van der Waals surface area contributed by atoms with Crippen LogP contribution in [0.4, 0.5) is 0 Å². The van der Waals surface area contributed by atoms with Crippen molar-refractivity contribution in [3.63, 3.8) is 0 Å². The smallest absolute Gasteiger partial charge is 0.130 e. The van der Waals surface area contributed by atoms with E-state index in [2.05, 4.69) is 27.6 Å². The van der Waals surface area contributed by atoms with Crippen molar-refractivity contribution in [3.8, 4) is 0 Å². The van der Waals surface area contributed by atoms with Gasteiger partial charge in [0, 0.05) is 9.77 Å². The molecule has 0 spiro atoms. The van der Waals surface area contributed by atoms with Crippen LogP contribution in [0.5, 0.6) is 0 Å². The van der Waals surface area contributed by atoms with Crippen LogP contribution < -0.4 is 0 Å². The summed E-state index contributed by atoms with van der Waals surface area (Å²) in [4.78, 5) is 3.90. The van der Waals surface area contributed by atoms with Gasteiger partial charge in [-0.2, -0.15) is 0 Å². The molecule has 48 valence electrons. The lowest BCUT2D eigenvalue weighted by Gasteiger charge is -1.94. The Morgan fingerprint density at radius 1 is 1.67 bits per heavy atom. The maximum Gasteiger partial charge on any atom is 0.130 e. The molecule has 9 heavy (non-hydrogen) atoms. The third kappa shape index (κ3) is 1.79. The van der Waals surface area contributed by atoms with Gasteiger partial charge in [-0.05, 0) is 41.1 Å². The highest BCUT2D eigenvalue weighted by Crippen LogP contribution is 2.13. The number of halogens is 2. The van der Waals surface area contributed by atoms with Gasteiger partial charge in [0.2, 0.25) is 0 Å². The maximum absolute atomic E-state index is 5.60. The van der Waals surface area contributed by atoms with Crippen molar-refractivity contribution >= 4 is 34.2 Å². The van der Waals surface area contributed by atoms with Crippen molar-refractivity contribution in [2.24, 2.45) is 0 Å². The van der Waals surface area contributed by atoms with E-state index >= 15 is 0 Å². The molecule has 0 aliphatic heterocycles. The van der Waals surface area contributed by atoms with Crippen LogP contribution in [-0.4, -0.2) is 4.98 Å². The fourth-order valence-electron chi connectivity index (χ4n) is 0.476. The van der Waals surface area contributed by atoms with Gasteiger partial charge in [-0.15, -0.1) is 0 Å². The lowest BCUT2D eigenvalue weighted by Crippen LogP contribution is -1.81. The zero-order valence-corrected chi connectivity index (χ0v) is 7.77. The van der Waals surface area contributed by atoms with E-state index in [1.165, 1.54) is 5.56 Å². The summed E-state index contributed by atoms with van der Waals surface area (Å²) in [6.45, 7) is 2.01. The van der Waals surface area contributed by atoms with E-state index in [1.807, 2.05) is 13.0 Å². The minimum Gasteiger partial charge on any atom is -0.244 e. The lowest BCUT2D eigenvalue weighted by atomic mass is 10.3. The van der Waals surface area contributed by atoms with E-state index < -0.39 is 0 Å². The summed E-state index contributed by atoms with van der Waals surface area (Å²) in [5, 5.41) is 0.560. The number of rotatable bonds is 0. The van der Waals surface area contributed by atoms with Crippen LogP contribution in [0.15, 0.2) is 12.3 Å². The van der Waals surface area contributed by atoms with Gasteiger partial charge < -0.3 is 0 Å². The van der Waals surface area contributed by atoms with Crippen LogP contribution in [0.1, 0.15) is 5.56 Å². The Kier molecular flexibility index (Phi) is 2.29. The average Bonchev–Trinajstić information content (AvgIpc) is 1.80. The van der Waals surface area contributed by atoms with Crippen molar-refractivity contribution < 1.29 is 0 Å². The molecule has 0 saturated heterocycles. The van der Waals surface area contributed by atoms with Gasteiger partial charge in [-0.1, -0.05) is 11.6 Å². The summed E-state index contributed by atoms with van der Waals surface area (Å²) >= 11 is 7.83. The van der Waals surface area contributed by atoms with Crippen LogP contribution in [0.3, 0.4) is 0 Å². The number of hydrogen-bond donors (Lipinski definition) is 0. The van der Waals surface area contributed by atoms with Crippen LogP contribution in [-0.2, 0) is 0 Å². The van der Waals surface area contributed by atoms with Crippen LogP contribution in [0, 0.1) is 10.5 Å². The van der Waals surface area contributed by atoms with Gasteiger partial charge in [0.05, 0.1) is 0 Å². The quantitative estimate of drug-likeness (QED) is 0.512.